The lowest BCUT2D eigenvalue weighted by Crippen LogP contribution is -2.49. The number of nitrogens with one attached hydrogen (secondary N) is 1. The van der Waals surface area contributed by atoms with Gasteiger partial charge in [0.25, 0.3) is 12.0 Å². The Morgan fingerprint density at radius 1 is 1.19 bits per heavy atom. The van der Waals surface area contributed by atoms with Gasteiger partial charge in [0.05, 0.1) is 23.6 Å². The lowest BCUT2D eigenvalue weighted by molar-refractivity contribution is 0.000876. The fourth-order valence-electron chi connectivity index (χ4n) is 3.18. The molecule has 6 nitrogen and oxygen atoms in total. The van der Waals surface area contributed by atoms with Crippen LogP contribution in [0.1, 0.15) is 31.4 Å². The number of nitrogens with zero attached hydrogens (tertiary/aromatic N) is 2. The predicted octanol–water partition coefficient (Wildman–Crippen LogP) is 3.63. The van der Waals surface area contributed by atoms with Gasteiger partial charge in [0.1, 0.15) is 5.72 Å². The number of hydrogen-bond acceptors (Lipinski definition) is 5. The molecule has 0 aliphatic rings. The van der Waals surface area contributed by atoms with Crippen LogP contribution in [0.3, 0.4) is 0 Å². The Labute approximate surface area is 182 Å². The van der Waals surface area contributed by atoms with Crippen molar-refractivity contribution in [3.8, 4) is 16.9 Å². The fourth-order valence-corrected chi connectivity index (χ4v) is 3.30. The van der Waals surface area contributed by atoms with Crippen LogP contribution in [0.4, 0.5) is 8.78 Å². The fraction of sp³-hybridized carbons (Fsp3) is 0.273. The smallest absolute Gasteiger partial charge is 0.279 e. The Balaban J connectivity index is 2.25. The summed E-state index contributed by atoms with van der Waals surface area (Å²) in [7, 11) is 0. The normalized spacial score (nSPS) is 14.5. The van der Waals surface area contributed by atoms with Crippen LogP contribution in [-0.2, 0) is 5.72 Å². The summed E-state index contributed by atoms with van der Waals surface area (Å²) >= 11 is 5.96. The molecule has 0 aliphatic carbocycles. The summed E-state index contributed by atoms with van der Waals surface area (Å²) in [5, 5.41) is 28.0. The third kappa shape index (κ3) is 5.16. The van der Waals surface area contributed by atoms with Gasteiger partial charge < -0.3 is 10.2 Å². The maximum atomic E-state index is 13.2. The summed E-state index contributed by atoms with van der Waals surface area (Å²) in [5.74, 6) is 0. The topological polar surface area (TPSA) is 87.4 Å². The number of aliphatic hydroxyl groups excluding tert-OH is 1. The van der Waals surface area contributed by atoms with Gasteiger partial charge in [-0.15, -0.1) is 0 Å². The average Bonchev–Trinajstić information content (AvgIpc) is 2.74. The van der Waals surface area contributed by atoms with Gasteiger partial charge in [0.2, 0.25) is 0 Å². The van der Waals surface area contributed by atoms with Gasteiger partial charge in [0, 0.05) is 22.2 Å². The highest BCUT2D eigenvalue weighted by Crippen LogP contribution is 2.25. The monoisotopic (exact) mass is 449 g/mol. The lowest BCUT2D eigenvalue weighted by atomic mass is 10.0. The standard InChI is InChI=1S/C22H22ClF2N3O3/c1-13(12-29)26-22(2,31)18-11-19(14-6-8-16(23)9-7-14)27-28(21(18)30)17-5-3-4-15(10-17)20(24)25/h3-11,13,20,26,29,31H,12H2,1-2H3/t13-,22?/m0/s1. The molecule has 0 amide bonds. The van der Waals surface area contributed by atoms with E-state index in [1.807, 2.05) is 0 Å². The van der Waals surface area contributed by atoms with Crippen LogP contribution >= 0.6 is 11.6 Å². The van der Waals surface area contributed by atoms with Gasteiger partial charge >= 0.3 is 0 Å². The molecule has 0 saturated carbocycles. The third-order valence-corrected chi connectivity index (χ3v) is 5.00. The molecule has 9 heteroatoms. The van der Waals surface area contributed by atoms with Crippen molar-refractivity contribution in [1.29, 1.82) is 0 Å². The van der Waals surface area contributed by atoms with Gasteiger partial charge in [-0.05, 0) is 44.2 Å². The van der Waals surface area contributed by atoms with E-state index in [4.69, 9.17) is 11.6 Å². The van der Waals surface area contributed by atoms with Gasteiger partial charge in [-0.3, -0.25) is 10.1 Å². The Hall–Kier alpha value is -2.65. The van der Waals surface area contributed by atoms with Crippen molar-refractivity contribution in [2.45, 2.75) is 32.0 Å². The minimum absolute atomic E-state index is 0.0600. The molecule has 0 bridgehead atoms. The number of aliphatic hydroxyl groups is 2. The number of benzene rings is 2. The summed E-state index contributed by atoms with van der Waals surface area (Å²) in [6.45, 7) is 2.75. The molecule has 3 aromatic rings. The van der Waals surface area contributed by atoms with Gasteiger partial charge in [-0.2, -0.15) is 9.78 Å². The molecule has 31 heavy (non-hydrogen) atoms. The molecule has 164 valence electrons. The average molecular weight is 450 g/mol. The van der Waals surface area contributed by atoms with E-state index in [1.165, 1.54) is 37.3 Å². The van der Waals surface area contributed by atoms with Gasteiger partial charge in [0.15, 0.2) is 0 Å². The van der Waals surface area contributed by atoms with E-state index in [-0.39, 0.29) is 23.4 Å². The van der Waals surface area contributed by atoms with Crippen LogP contribution in [0.25, 0.3) is 16.9 Å². The first-order valence-electron chi connectivity index (χ1n) is 9.52. The molecule has 1 unspecified atom stereocenters. The molecule has 1 aromatic heterocycles. The first kappa shape index (κ1) is 23.0. The maximum Gasteiger partial charge on any atom is 0.279 e. The summed E-state index contributed by atoms with van der Waals surface area (Å²) in [4.78, 5) is 13.2. The molecule has 0 saturated heterocycles. The van der Waals surface area contributed by atoms with E-state index >= 15 is 0 Å². The highest BCUT2D eigenvalue weighted by molar-refractivity contribution is 6.30. The molecule has 0 spiro atoms. The van der Waals surface area contributed by atoms with Crippen molar-refractivity contribution in [3.63, 3.8) is 0 Å². The number of rotatable bonds is 7. The van der Waals surface area contributed by atoms with Crippen molar-refractivity contribution in [2.75, 3.05) is 6.61 Å². The van der Waals surface area contributed by atoms with E-state index in [1.54, 1.807) is 31.2 Å². The van der Waals surface area contributed by atoms with Gasteiger partial charge in [-0.1, -0.05) is 35.9 Å². The first-order valence-corrected chi connectivity index (χ1v) is 9.90. The zero-order valence-electron chi connectivity index (χ0n) is 16.9. The quantitative estimate of drug-likeness (QED) is 0.479. The molecule has 1 heterocycles. The van der Waals surface area contributed by atoms with E-state index in [0.29, 0.717) is 16.3 Å². The highest BCUT2D eigenvalue weighted by Gasteiger charge is 2.30. The summed E-state index contributed by atoms with van der Waals surface area (Å²) in [6, 6.07) is 12.9. The van der Waals surface area contributed by atoms with E-state index in [0.717, 1.165) is 4.68 Å². The Kier molecular flexibility index (Phi) is 6.86. The van der Waals surface area contributed by atoms with Crippen molar-refractivity contribution in [3.05, 3.63) is 81.1 Å². The van der Waals surface area contributed by atoms with Crippen LogP contribution in [0.15, 0.2) is 59.4 Å². The molecule has 3 N–H and O–H groups in total. The van der Waals surface area contributed by atoms with Crippen LogP contribution < -0.4 is 10.9 Å². The highest BCUT2D eigenvalue weighted by atomic mass is 35.5. The Morgan fingerprint density at radius 3 is 2.48 bits per heavy atom. The largest absolute Gasteiger partial charge is 0.395 e. The molecular weight excluding hydrogens is 428 g/mol. The van der Waals surface area contributed by atoms with Crippen LogP contribution in [0.5, 0.6) is 0 Å². The first-order chi connectivity index (χ1) is 14.6. The van der Waals surface area contributed by atoms with Gasteiger partial charge in [-0.25, -0.2) is 8.78 Å². The second-order valence-corrected chi connectivity index (χ2v) is 7.80. The Bertz CT molecular complexity index is 1120. The second-order valence-electron chi connectivity index (χ2n) is 7.36. The SMILES string of the molecule is C[C@@H](CO)NC(C)(O)c1cc(-c2ccc(Cl)cc2)nn(-c2cccc(C(F)F)c2)c1=O. The lowest BCUT2D eigenvalue weighted by Gasteiger charge is -2.28. The van der Waals surface area contributed by atoms with E-state index in [9.17, 15) is 23.8 Å². The zero-order valence-corrected chi connectivity index (χ0v) is 17.6. The Morgan fingerprint density at radius 2 is 1.87 bits per heavy atom. The number of alkyl halides is 2. The van der Waals surface area contributed by atoms with E-state index < -0.39 is 23.8 Å². The minimum Gasteiger partial charge on any atom is -0.395 e. The zero-order chi connectivity index (χ0) is 22.8. The number of aromatic nitrogens is 2. The van der Waals surface area contributed by atoms with Crippen molar-refractivity contribution in [1.82, 2.24) is 15.1 Å². The second kappa shape index (κ2) is 9.23. The molecule has 3 rings (SSSR count). The van der Waals surface area contributed by atoms with Crippen molar-refractivity contribution in [2.24, 2.45) is 0 Å². The molecule has 0 radical (unpaired) electrons. The van der Waals surface area contributed by atoms with Crippen molar-refractivity contribution < 1.29 is 19.0 Å². The van der Waals surface area contributed by atoms with Crippen LogP contribution in [0.2, 0.25) is 5.02 Å². The minimum atomic E-state index is -2.72. The maximum absolute atomic E-state index is 13.2. The number of hydrogen-bond donors (Lipinski definition) is 3. The van der Waals surface area contributed by atoms with Crippen LogP contribution in [0, 0.1) is 0 Å². The third-order valence-electron chi connectivity index (χ3n) is 4.74. The molecule has 2 aromatic carbocycles. The molecule has 0 fully saturated rings. The van der Waals surface area contributed by atoms with Crippen LogP contribution in [-0.4, -0.2) is 32.6 Å². The number of halogens is 3. The molecule has 0 aliphatic heterocycles. The molecule has 2 atom stereocenters. The van der Waals surface area contributed by atoms with E-state index in [2.05, 4.69) is 10.4 Å². The summed E-state index contributed by atoms with van der Waals surface area (Å²) in [6.07, 6.45) is -2.72. The molecular formula is C22H22ClF2N3O3. The van der Waals surface area contributed by atoms with Crippen molar-refractivity contribution >= 4 is 11.6 Å². The summed E-state index contributed by atoms with van der Waals surface area (Å²) < 4.78 is 27.4. The summed E-state index contributed by atoms with van der Waals surface area (Å²) in [5.41, 5.74) is -1.77. The predicted molar refractivity (Wildman–Crippen MR) is 114 cm³/mol.